The van der Waals surface area contributed by atoms with Gasteiger partial charge in [0, 0.05) is 19.3 Å². The van der Waals surface area contributed by atoms with E-state index >= 15 is 0 Å². The Morgan fingerprint density at radius 1 is 0.280 bits per heavy atom. The lowest BCUT2D eigenvalue weighted by Gasteiger charge is -2.18. The van der Waals surface area contributed by atoms with Crippen LogP contribution in [0.25, 0.3) is 0 Å². The van der Waals surface area contributed by atoms with Crippen molar-refractivity contribution in [3.8, 4) is 0 Å². The Balaban J connectivity index is 4.19. The second kappa shape index (κ2) is 62.6. The molecule has 0 aliphatic heterocycles. The maximum atomic E-state index is 12.8. The zero-order valence-corrected chi connectivity index (χ0v) is 49.0. The van der Waals surface area contributed by atoms with Gasteiger partial charge < -0.3 is 14.2 Å². The molecule has 0 aliphatic rings. The molecule has 0 N–H and O–H groups in total. The van der Waals surface area contributed by atoms with E-state index in [1.807, 2.05) is 12.2 Å². The molecule has 1 atom stereocenters. The summed E-state index contributed by atoms with van der Waals surface area (Å²) in [5, 5.41) is 0. The number of ether oxygens (including phenoxy) is 3. The molecule has 428 valence electrons. The van der Waals surface area contributed by atoms with Crippen molar-refractivity contribution in [3.63, 3.8) is 0 Å². The largest absolute Gasteiger partial charge is 0.462 e. The van der Waals surface area contributed by atoms with E-state index in [4.69, 9.17) is 14.2 Å². The Morgan fingerprint density at radius 3 is 0.880 bits per heavy atom. The molecule has 0 amide bonds. The van der Waals surface area contributed by atoms with Crippen molar-refractivity contribution < 1.29 is 28.6 Å². The van der Waals surface area contributed by atoms with Crippen molar-refractivity contribution in [2.24, 2.45) is 0 Å². The Hall–Kier alpha value is -3.93. The van der Waals surface area contributed by atoms with E-state index in [9.17, 15) is 14.4 Å². The van der Waals surface area contributed by atoms with Crippen molar-refractivity contribution in [2.75, 3.05) is 13.2 Å². The van der Waals surface area contributed by atoms with Crippen molar-refractivity contribution >= 4 is 17.9 Å². The van der Waals surface area contributed by atoms with Gasteiger partial charge in [-0.2, -0.15) is 0 Å². The number of rotatable bonds is 56. The summed E-state index contributed by atoms with van der Waals surface area (Å²) < 4.78 is 16.8. The highest BCUT2D eigenvalue weighted by molar-refractivity contribution is 5.71. The lowest BCUT2D eigenvalue weighted by molar-refractivity contribution is -0.166. The Labute approximate surface area is 463 Å². The van der Waals surface area contributed by atoms with E-state index in [0.29, 0.717) is 19.3 Å². The van der Waals surface area contributed by atoms with Gasteiger partial charge in [0.1, 0.15) is 13.2 Å². The van der Waals surface area contributed by atoms with Gasteiger partial charge in [-0.1, -0.05) is 271 Å². The van der Waals surface area contributed by atoms with E-state index in [1.54, 1.807) is 0 Å². The van der Waals surface area contributed by atoms with Crippen LogP contribution in [0.3, 0.4) is 0 Å². The molecule has 0 heterocycles. The smallest absolute Gasteiger partial charge is 0.306 e. The first-order valence-corrected chi connectivity index (χ1v) is 31.4. The minimum Gasteiger partial charge on any atom is -0.462 e. The lowest BCUT2D eigenvalue weighted by atomic mass is 10.0. The molecule has 6 heteroatoms. The van der Waals surface area contributed by atoms with Gasteiger partial charge in [0.25, 0.3) is 0 Å². The van der Waals surface area contributed by atoms with E-state index in [2.05, 4.69) is 118 Å². The highest BCUT2D eigenvalue weighted by Crippen LogP contribution is 2.16. The van der Waals surface area contributed by atoms with Crippen LogP contribution < -0.4 is 0 Å². The summed E-state index contributed by atoms with van der Waals surface area (Å²) >= 11 is 0. The SMILES string of the molecule is CC/C=C\C/C=C\C/C=C\C/C=C\CCC(=O)OC(COC(=O)CCCCC/C=C\C/C=C\C/C=C\CC)COC(=O)CCCCCCCCCCCCCCCCCCCCC/C=C\C/C=C\CCCCCCC. The van der Waals surface area contributed by atoms with Crippen LogP contribution in [-0.4, -0.2) is 37.2 Å². The predicted molar refractivity (Wildman–Crippen MR) is 325 cm³/mol. The summed E-state index contributed by atoms with van der Waals surface area (Å²) in [6, 6.07) is 0. The maximum absolute atomic E-state index is 12.8. The molecule has 0 rings (SSSR count). The second-order valence-corrected chi connectivity index (χ2v) is 20.5. The molecule has 0 saturated carbocycles. The lowest BCUT2D eigenvalue weighted by Crippen LogP contribution is -2.30. The van der Waals surface area contributed by atoms with Gasteiger partial charge in [0.2, 0.25) is 0 Å². The monoisotopic (exact) mass is 1040 g/mol. The van der Waals surface area contributed by atoms with Crippen LogP contribution >= 0.6 is 0 Å². The van der Waals surface area contributed by atoms with Crippen LogP contribution in [0.15, 0.2) is 109 Å². The van der Waals surface area contributed by atoms with E-state index in [1.165, 1.54) is 148 Å². The third kappa shape index (κ3) is 60.8. The molecule has 0 fully saturated rings. The molecule has 0 saturated heterocycles. The summed E-state index contributed by atoms with van der Waals surface area (Å²) in [6.45, 7) is 6.32. The molecule has 0 radical (unpaired) electrons. The van der Waals surface area contributed by atoms with E-state index in [0.717, 1.165) is 96.3 Å². The highest BCUT2D eigenvalue weighted by atomic mass is 16.6. The molecule has 0 aromatic heterocycles. The highest BCUT2D eigenvalue weighted by Gasteiger charge is 2.19. The van der Waals surface area contributed by atoms with Crippen molar-refractivity contribution in [1.82, 2.24) is 0 Å². The minimum atomic E-state index is -0.828. The summed E-state index contributed by atoms with van der Waals surface area (Å²) in [6.07, 6.45) is 85.7. The minimum absolute atomic E-state index is 0.115. The fourth-order valence-electron chi connectivity index (χ4n) is 8.62. The first-order chi connectivity index (χ1) is 37.0. The fraction of sp³-hybridized carbons (Fsp3) is 0.696. The van der Waals surface area contributed by atoms with Gasteiger partial charge in [0.15, 0.2) is 6.10 Å². The quantitative estimate of drug-likeness (QED) is 0.0261. The van der Waals surface area contributed by atoms with E-state index in [-0.39, 0.29) is 31.6 Å². The second-order valence-electron chi connectivity index (χ2n) is 20.5. The maximum Gasteiger partial charge on any atom is 0.306 e. The topological polar surface area (TPSA) is 78.9 Å². The Bertz CT molecular complexity index is 1520. The average molecular weight is 1040 g/mol. The molecule has 0 aromatic rings. The standard InChI is InChI=1S/C69H116O6/c1-4-7-10-13-16-19-22-25-26-27-28-29-30-31-32-33-34-35-36-37-38-39-40-41-42-45-47-50-53-56-59-62-68(71)74-65-66(75-69(72)63-60-57-54-51-48-44-24-21-18-15-12-9-6-3)64-73-67(70)61-58-55-52-49-46-43-23-20-17-14-11-8-5-2/h8-9,11-12,17-18,20-22,25,27-28,43-44,46,48,54,57,66H,4-7,10,13-16,19,23-24,26,29-42,45,47,49-53,55-56,58-65H2,1-3H3/b11-8-,12-9-,20-17-,21-18-,25-22-,28-27-,46-43-,48-44-,57-54-. The van der Waals surface area contributed by atoms with Gasteiger partial charge in [0.05, 0.1) is 0 Å². The molecule has 6 nitrogen and oxygen atoms in total. The van der Waals surface area contributed by atoms with Crippen LogP contribution in [0.1, 0.15) is 290 Å². The number of esters is 3. The molecular weight excluding hydrogens is 925 g/mol. The molecule has 0 bridgehead atoms. The van der Waals surface area contributed by atoms with Crippen LogP contribution in [0.5, 0.6) is 0 Å². The number of carbonyl (C=O) groups is 3. The Kier molecular flexibility index (Phi) is 59.3. The van der Waals surface area contributed by atoms with Gasteiger partial charge in [-0.3, -0.25) is 14.4 Å². The fourth-order valence-corrected chi connectivity index (χ4v) is 8.62. The van der Waals surface area contributed by atoms with Gasteiger partial charge in [-0.15, -0.1) is 0 Å². The third-order valence-corrected chi connectivity index (χ3v) is 13.3. The molecule has 0 aromatic carbocycles. The number of hydrogen-bond donors (Lipinski definition) is 0. The van der Waals surface area contributed by atoms with Crippen molar-refractivity contribution in [3.05, 3.63) is 109 Å². The first kappa shape index (κ1) is 71.1. The zero-order chi connectivity index (χ0) is 54.3. The van der Waals surface area contributed by atoms with Crippen molar-refractivity contribution in [1.29, 1.82) is 0 Å². The summed E-state index contributed by atoms with van der Waals surface area (Å²) in [7, 11) is 0. The van der Waals surface area contributed by atoms with E-state index < -0.39 is 12.1 Å². The number of hydrogen-bond acceptors (Lipinski definition) is 6. The van der Waals surface area contributed by atoms with Gasteiger partial charge in [-0.05, 0) is 109 Å². The summed E-state index contributed by atoms with van der Waals surface area (Å²) in [5.41, 5.74) is 0. The third-order valence-electron chi connectivity index (χ3n) is 13.3. The number of carbonyl (C=O) groups excluding carboxylic acids is 3. The predicted octanol–water partition coefficient (Wildman–Crippen LogP) is 21.4. The average Bonchev–Trinajstić information content (AvgIpc) is 3.41. The molecule has 1 unspecified atom stereocenters. The van der Waals surface area contributed by atoms with Crippen LogP contribution in [-0.2, 0) is 28.6 Å². The molecular formula is C69H116O6. The molecule has 0 spiro atoms. The number of allylic oxidation sites excluding steroid dienone is 18. The molecule has 0 aliphatic carbocycles. The summed E-state index contributed by atoms with van der Waals surface area (Å²) in [4.78, 5) is 38.1. The van der Waals surface area contributed by atoms with Crippen LogP contribution in [0, 0.1) is 0 Å². The normalized spacial score (nSPS) is 12.8. The van der Waals surface area contributed by atoms with Gasteiger partial charge >= 0.3 is 17.9 Å². The molecule has 75 heavy (non-hydrogen) atoms. The zero-order valence-electron chi connectivity index (χ0n) is 49.0. The van der Waals surface area contributed by atoms with Gasteiger partial charge in [-0.25, -0.2) is 0 Å². The van der Waals surface area contributed by atoms with Crippen LogP contribution in [0.2, 0.25) is 0 Å². The van der Waals surface area contributed by atoms with Crippen molar-refractivity contribution in [2.45, 2.75) is 297 Å². The number of unbranched alkanes of at least 4 members (excludes halogenated alkanes) is 27. The Morgan fingerprint density at radius 2 is 0.547 bits per heavy atom. The summed E-state index contributed by atoms with van der Waals surface area (Å²) in [5.74, 6) is -1.03. The first-order valence-electron chi connectivity index (χ1n) is 31.4. The van der Waals surface area contributed by atoms with Crippen LogP contribution in [0.4, 0.5) is 0 Å².